The normalized spacial score (nSPS) is 12.6. The number of benzene rings is 1. The van der Waals surface area contributed by atoms with Crippen molar-refractivity contribution in [2.45, 2.75) is 92.4 Å². The fourth-order valence-corrected chi connectivity index (χ4v) is 4.76. The summed E-state index contributed by atoms with van der Waals surface area (Å²) in [6.45, 7) is 21.3. The van der Waals surface area contributed by atoms with Crippen molar-refractivity contribution in [2.75, 3.05) is 0 Å². The minimum Gasteiger partial charge on any atom is -0.508 e. The number of carbonyl (C=O) groups is 1. The molecule has 2 aliphatic rings. The predicted molar refractivity (Wildman–Crippen MR) is 140 cm³/mol. The Bertz CT molecular complexity index is 1170. The molecule has 33 heavy (non-hydrogen) atoms. The van der Waals surface area contributed by atoms with E-state index in [1.165, 1.54) is 11.1 Å². The van der Waals surface area contributed by atoms with E-state index in [0.717, 1.165) is 38.9 Å². The maximum Gasteiger partial charge on any atom is 0.167 e. The monoisotopic (exact) mass is 444 g/mol. The lowest BCUT2D eigenvalue weighted by Crippen LogP contribution is -2.19. The number of aromatic hydroxyl groups is 1. The molecule has 0 aromatic heterocycles. The van der Waals surface area contributed by atoms with Crippen LogP contribution in [0.25, 0.3) is 11.1 Å². The van der Waals surface area contributed by atoms with Crippen LogP contribution in [0.3, 0.4) is 0 Å². The van der Waals surface area contributed by atoms with E-state index in [0.29, 0.717) is 18.1 Å². The minimum atomic E-state index is -0.209. The van der Waals surface area contributed by atoms with Crippen molar-refractivity contribution < 1.29 is 9.90 Å². The number of phenolic OH excluding ortho intramolecular Hbond substituents is 1. The van der Waals surface area contributed by atoms with Gasteiger partial charge in [0, 0.05) is 12.0 Å². The van der Waals surface area contributed by atoms with Crippen LogP contribution >= 0.6 is 0 Å². The Morgan fingerprint density at radius 2 is 1.45 bits per heavy atom. The lowest BCUT2D eigenvalue weighted by atomic mass is 9.77. The third kappa shape index (κ3) is 5.00. The molecule has 2 heteroatoms. The van der Waals surface area contributed by atoms with Gasteiger partial charge < -0.3 is 5.11 Å². The fraction of sp³-hybridized carbons (Fsp3) is 0.452. The summed E-state index contributed by atoms with van der Waals surface area (Å²) in [5.74, 6) is 0.863. The molecule has 3 rings (SSSR count). The van der Waals surface area contributed by atoms with Gasteiger partial charge in [-0.05, 0) is 87.2 Å². The Hall–Kier alpha value is -2.61. The molecule has 0 bridgehead atoms. The number of fused-ring (bicyclic) bond motifs is 1. The van der Waals surface area contributed by atoms with Gasteiger partial charge in [-0.2, -0.15) is 0 Å². The standard InChI is InChI=1S/C31H40O2/c1-18(2)21-12-11-19(3)29-23(14-21)20(4)13-24(29)27(32)16-22-15-26(31(8,9)10)28(33)17-25(22)30(5,6)7/h11-15,17-18,33H,16H2,1-10H3. The SMILES string of the molecule is Cc1cc(C(=O)Cc2cc(C(C)(C)C)c(O)cc2C(C)(C)C)c2c(C)ccc(C(C)C)cc1-2. The molecule has 0 fully saturated rings. The summed E-state index contributed by atoms with van der Waals surface area (Å²) in [7, 11) is 0. The summed E-state index contributed by atoms with van der Waals surface area (Å²) in [6, 6.07) is 12.6. The number of carbonyl (C=O) groups excluding carboxylic acids is 1. The van der Waals surface area contributed by atoms with Crippen LogP contribution < -0.4 is 0 Å². The first-order valence-electron chi connectivity index (χ1n) is 12.0. The highest BCUT2D eigenvalue weighted by Gasteiger charge is 2.27. The van der Waals surface area contributed by atoms with Crippen molar-refractivity contribution in [1.82, 2.24) is 0 Å². The average Bonchev–Trinajstić information content (AvgIpc) is 2.89. The van der Waals surface area contributed by atoms with E-state index < -0.39 is 0 Å². The molecule has 0 atom stereocenters. The van der Waals surface area contributed by atoms with Gasteiger partial charge >= 0.3 is 0 Å². The Morgan fingerprint density at radius 1 is 0.848 bits per heavy atom. The van der Waals surface area contributed by atoms with Crippen LogP contribution in [0.1, 0.15) is 105 Å². The number of ketones is 1. The van der Waals surface area contributed by atoms with E-state index in [1.54, 1.807) is 0 Å². The number of hydrogen-bond donors (Lipinski definition) is 1. The summed E-state index contributed by atoms with van der Waals surface area (Å²) >= 11 is 0. The van der Waals surface area contributed by atoms with Gasteiger partial charge in [0.15, 0.2) is 5.78 Å². The number of phenols is 1. The highest BCUT2D eigenvalue weighted by molar-refractivity contribution is 6.06. The number of hydrogen-bond acceptors (Lipinski definition) is 2. The summed E-state index contributed by atoms with van der Waals surface area (Å²) in [4.78, 5) is 13.8. The zero-order valence-electron chi connectivity index (χ0n) is 22.1. The van der Waals surface area contributed by atoms with Crippen LogP contribution in [-0.4, -0.2) is 10.9 Å². The van der Waals surface area contributed by atoms with E-state index in [-0.39, 0.29) is 16.6 Å². The van der Waals surface area contributed by atoms with Crippen molar-refractivity contribution >= 4 is 5.78 Å². The highest BCUT2D eigenvalue weighted by atomic mass is 16.3. The second kappa shape index (κ2) is 8.63. The van der Waals surface area contributed by atoms with E-state index >= 15 is 0 Å². The molecule has 1 N–H and O–H groups in total. The quantitative estimate of drug-likeness (QED) is 0.411. The Kier molecular flexibility index (Phi) is 6.54. The van der Waals surface area contributed by atoms with Crippen LogP contribution in [-0.2, 0) is 17.3 Å². The number of Topliss-reactive ketones (excluding diaryl/α,β-unsaturated/α-hetero) is 1. The molecular formula is C31H40O2. The Balaban J connectivity index is 2.14. The van der Waals surface area contributed by atoms with Crippen LogP contribution in [0.5, 0.6) is 5.75 Å². The molecule has 0 saturated heterocycles. The van der Waals surface area contributed by atoms with Crippen molar-refractivity contribution in [2.24, 2.45) is 0 Å². The van der Waals surface area contributed by atoms with Crippen LogP contribution in [0, 0.1) is 13.8 Å². The molecule has 0 heterocycles. The van der Waals surface area contributed by atoms with E-state index in [9.17, 15) is 9.90 Å². The highest BCUT2D eigenvalue weighted by Crippen LogP contribution is 2.40. The summed E-state index contributed by atoms with van der Waals surface area (Å²) in [6.07, 6.45) is 0.323. The average molecular weight is 445 g/mol. The molecule has 0 saturated carbocycles. The Morgan fingerprint density at radius 3 is 2.00 bits per heavy atom. The smallest absolute Gasteiger partial charge is 0.167 e. The van der Waals surface area contributed by atoms with Gasteiger partial charge in [0.2, 0.25) is 0 Å². The Labute approximate surface area is 200 Å². The topological polar surface area (TPSA) is 37.3 Å². The number of aryl methyl sites for hydroxylation is 2. The van der Waals surface area contributed by atoms with Crippen molar-refractivity contribution in [3.05, 3.63) is 75.3 Å². The molecule has 0 unspecified atom stereocenters. The molecule has 0 radical (unpaired) electrons. The minimum absolute atomic E-state index is 0.129. The van der Waals surface area contributed by atoms with Gasteiger partial charge in [0.05, 0.1) is 0 Å². The first kappa shape index (κ1) is 25.0. The lowest BCUT2D eigenvalue weighted by molar-refractivity contribution is 0.0993. The zero-order chi connectivity index (χ0) is 24.9. The van der Waals surface area contributed by atoms with Gasteiger partial charge in [-0.25, -0.2) is 0 Å². The lowest BCUT2D eigenvalue weighted by Gasteiger charge is -2.28. The predicted octanol–water partition coefficient (Wildman–Crippen LogP) is 8.26. The van der Waals surface area contributed by atoms with Crippen LogP contribution in [0.4, 0.5) is 0 Å². The first-order chi connectivity index (χ1) is 15.1. The third-order valence-electron chi connectivity index (χ3n) is 6.71. The van der Waals surface area contributed by atoms with E-state index in [2.05, 4.69) is 99.6 Å². The van der Waals surface area contributed by atoms with Crippen molar-refractivity contribution in [1.29, 1.82) is 0 Å². The second-order valence-corrected chi connectivity index (χ2v) is 12.0. The summed E-state index contributed by atoms with van der Waals surface area (Å²) < 4.78 is 0. The third-order valence-corrected chi connectivity index (χ3v) is 6.71. The van der Waals surface area contributed by atoms with Gasteiger partial charge in [-0.1, -0.05) is 79.7 Å². The summed E-state index contributed by atoms with van der Waals surface area (Å²) in [5, 5.41) is 10.8. The molecule has 2 nitrogen and oxygen atoms in total. The van der Waals surface area contributed by atoms with Crippen LogP contribution in [0.15, 0.2) is 36.4 Å². The fourth-order valence-electron chi connectivity index (χ4n) is 4.76. The van der Waals surface area contributed by atoms with Gasteiger partial charge in [0.25, 0.3) is 0 Å². The molecular weight excluding hydrogens is 404 g/mol. The molecule has 1 aromatic carbocycles. The molecule has 1 aromatic rings. The molecule has 2 aliphatic carbocycles. The first-order valence-corrected chi connectivity index (χ1v) is 12.0. The second-order valence-electron chi connectivity index (χ2n) is 12.0. The molecule has 0 aliphatic heterocycles. The largest absolute Gasteiger partial charge is 0.508 e. The van der Waals surface area contributed by atoms with Gasteiger partial charge in [-0.3, -0.25) is 4.79 Å². The molecule has 176 valence electrons. The zero-order valence-corrected chi connectivity index (χ0v) is 22.1. The maximum absolute atomic E-state index is 13.8. The van der Waals surface area contributed by atoms with E-state index in [4.69, 9.17) is 0 Å². The van der Waals surface area contributed by atoms with Gasteiger partial charge in [-0.15, -0.1) is 0 Å². The van der Waals surface area contributed by atoms with Crippen molar-refractivity contribution in [3.63, 3.8) is 0 Å². The number of rotatable bonds is 4. The summed E-state index contributed by atoms with van der Waals surface area (Å²) in [5.41, 5.74) is 9.12. The maximum atomic E-state index is 13.8. The van der Waals surface area contributed by atoms with Crippen LogP contribution in [0.2, 0.25) is 0 Å². The van der Waals surface area contributed by atoms with Gasteiger partial charge in [0.1, 0.15) is 5.75 Å². The van der Waals surface area contributed by atoms with E-state index in [1.807, 2.05) is 6.07 Å². The van der Waals surface area contributed by atoms with Crippen molar-refractivity contribution in [3.8, 4) is 16.9 Å². The molecule has 0 amide bonds. The molecule has 0 spiro atoms.